The molecular weight excluding hydrogens is 238 g/mol. The first kappa shape index (κ1) is 14.3. The quantitative estimate of drug-likeness (QED) is 0.813. The molecule has 0 aromatic carbocycles. The van der Waals surface area contributed by atoms with Gasteiger partial charge in [-0.3, -0.25) is 0 Å². The van der Waals surface area contributed by atoms with E-state index in [-0.39, 0.29) is 5.41 Å². The van der Waals surface area contributed by atoms with Crippen molar-refractivity contribution in [3.8, 4) is 0 Å². The van der Waals surface area contributed by atoms with Gasteiger partial charge in [-0.2, -0.15) is 4.37 Å². The summed E-state index contributed by atoms with van der Waals surface area (Å²) in [5.41, 5.74) is -0.0218. The highest BCUT2D eigenvalue weighted by Crippen LogP contribution is 2.22. The van der Waals surface area contributed by atoms with Gasteiger partial charge < -0.3 is 15.2 Å². The number of rotatable bonds is 6. The van der Waals surface area contributed by atoms with Gasteiger partial charge in [-0.05, 0) is 6.42 Å². The highest BCUT2D eigenvalue weighted by molar-refractivity contribution is 7.09. The molecule has 1 aromatic heterocycles. The fraction of sp³-hybridized carbons (Fsp3) is 0.818. The van der Waals surface area contributed by atoms with Crippen molar-refractivity contribution in [1.29, 1.82) is 0 Å². The molecule has 1 rings (SSSR count). The number of nitrogens with one attached hydrogen (secondary N) is 1. The van der Waals surface area contributed by atoms with E-state index in [1.54, 1.807) is 7.11 Å². The zero-order valence-electron chi connectivity index (χ0n) is 10.9. The van der Waals surface area contributed by atoms with Crippen molar-refractivity contribution in [1.82, 2.24) is 9.36 Å². The molecule has 1 aromatic rings. The van der Waals surface area contributed by atoms with E-state index < -0.39 is 6.10 Å². The van der Waals surface area contributed by atoms with Gasteiger partial charge in [0.05, 0.1) is 12.7 Å². The van der Waals surface area contributed by atoms with Crippen LogP contribution >= 0.6 is 11.5 Å². The van der Waals surface area contributed by atoms with Crippen LogP contribution in [-0.2, 0) is 10.2 Å². The third kappa shape index (κ3) is 4.97. The Hall–Kier alpha value is -0.720. The Labute approximate surface area is 106 Å². The number of hydrogen-bond acceptors (Lipinski definition) is 6. The minimum atomic E-state index is -0.428. The van der Waals surface area contributed by atoms with E-state index in [2.05, 4.69) is 35.4 Å². The molecule has 1 unspecified atom stereocenters. The number of nitrogens with zero attached hydrogens (tertiary/aromatic N) is 2. The zero-order valence-corrected chi connectivity index (χ0v) is 11.7. The van der Waals surface area contributed by atoms with E-state index in [9.17, 15) is 5.11 Å². The van der Waals surface area contributed by atoms with Gasteiger partial charge in [-0.15, -0.1) is 0 Å². The molecule has 0 bridgehead atoms. The topological polar surface area (TPSA) is 67.3 Å². The Kier molecular flexibility index (Phi) is 5.30. The SMILES string of the molecule is COCC(O)CCNc1nc(C(C)(C)C)ns1. The van der Waals surface area contributed by atoms with Crippen molar-refractivity contribution in [2.45, 2.75) is 38.7 Å². The molecule has 0 aliphatic heterocycles. The number of aliphatic hydroxyl groups is 1. The van der Waals surface area contributed by atoms with E-state index in [1.807, 2.05) is 0 Å². The molecule has 0 saturated heterocycles. The number of aromatic nitrogens is 2. The summed E-state index contributed by atoms with van der Waals surface area (Å²) in [6.07, 6.45) is 0.209. The van der Waals surface area contributed by atoms with Gasteiger partial charge in [-0.25, -0.2) is 4.98 Å². The average Bonchev–Trinajstić information content (AvgIpc) is 2.66. The van der Waals surface area contributed by atoms with Gasteiger partial charge in [0.1, 0.15) is 5.82 Å². The van der Waals surface area contributed by atoms with Crippen molar-refractivity contribution in [3.63, 3.8) is 0 Å². The van der Waals surface area contributed by atoms with Crippen LogP contribution in [0.5, 0.6) is 0 Å². The first-order valence-electron chi connectivity index (χ1n) is 5.68. The van der Waals surface area contributed by atoms with Crippen molar-refractivity contribution in [2.75, 3.05) is 25.6 Å². The maximum Gasteiger partial charge on any atom is 0.202 e. The lowest BCUT2D eigenvalue weighted by molar-refractivity contribution is 0.0615. The maximum absolute atomic E-state index is 9.46. The van der Waals surface area contributed by atoms with Crippen LogP contribution in [0.15, 0.2) is 0 Å². The number of hydrogen-bond donors (Lipinski definition) is 2. The minimum absolute atomic E-state index is 0.0218. The molecule has 0 spiro atoms. The zero-order chi connectivity index (χ0) is 12.9. The van der Waals surface area contributed by atoms with Crippen LogP contribution in [0.2, 0.25) is 0 Å². The molecule has 1 heterocycles. The molecular formula is C11H21N3O2S. The Morgan fingerprint density at radius 3 is 2.71 bits per heavy atom. The summed E-state index contributed by atoms with van der Waals surface area (Å²) < 4.78 is 9.15. The van der Waals surface area contributed by atoms with Gasteiger partial charge >= 0.3 is 0 Å². The van der Waals surface area contributed by atoms with Crippen LogP contribution in [0.1, 0.15) is 33.0 Å². The number of ether oxygens (including phenoxy) is 1. The molecule has 0 radical (unpaired) electrons. The van der Waals surface area contributed by atoms with E-state index in [4.69, 9.17) is 4.74 Å². The fourth-order valence-corrected chi connectivity index (χ4v) is 2.00. The molecule has 0 aliphatic rings. The van der Waals surface area contributed by atoms with E-state index in [0.29, 0.717) is 19.6 Å². The number of anilines is 1. The fourth-order valence-electron chi connectivity index (χ4n) is 1.22. The minimum Gasteiger partial charge on any atom is -0.391 e. The molecule has 17 heavy (non-hydrogen) atoms. The normalized spacial score (nSPS) is 13.7. The van der Waals surface area contributed by atoms with Gasteiger partial charge in [-0.1, -0.05) is 20.8 Å². The molecule has 0 aliphatic carbocycles. The summed E-state index contributed by atoms with van der Waals surface area (Å²) in [6, 6.07) is 0. The monoisotopic (exact) mass is 259 g/mol. The lowest BCUT2D eigenvalue weighted by atomic mass is 9.96. The van der Waals surface area contributed by atoms with Crippen LogP contribution in [0.25, 0.3) is 0 Å². The van der Waals surface area contributed by atoms with Crippen molar-refractivity contribution in [3.05, 3.63) is 5.82 Å². The first-order chi connectivity index (χ1) is 7.93. The summed E-state index contributed by atoms with van der Waals surface area (Å²) in [6.45, 7) is 7.29. The summed E-state index contributed by atoms with van der Waals surface area (Å²) in [5, 5.41) is 13.4. The van der Waals surface area contributed by atoms with Crippen molar-refractivity contribution in [2.24, 2.45) is 0 Å². The maximum atomic E-state index is 9.46. The smallest absolute Gasteiger partial charge is 0.202 e. The number of methoxy groups -OCH3 is 1. The summed E-state index contributed by atoms with van der Waals surface area (Å²) >= 11 is 1.36. The highest BCUT2D eigenvalue weighted by Gasteiger charge is 2.19. The van der Waals surface area contributed by atoms with E-state index >= 15 is 0 Å². The second-order valence-electron chi connectivity index (χ2n) is 5.00. The molecule has 6 heteroatoms. The molecule has 98 valence electrons. The summed E-state index contributed by atoms with van der Waals surface area (Å²) in [7, 11) is 1.58. The van der Waals surface area contributed by atoms with Gasteiger partial charge in [0.15, 0.2) is 0 Å². The third-order valence-corrected chi connectivity index (χ3v) is 2.88. The molecule has 0 saturated carbocycles. The predicted octanol–water partition coefficient (Wildman–Crippen LogP) is 1.64. The lowest BCUT2D eigenvalue weighted by Gasteiger charge is -2.12. The highest BCUT2D eigenvalue weighted by atomic mass is 32.1. The van der Waals surface area contributed by atoms with Crippen molar-refractivity contribution < 1.29 is 9.84 Å². The van der Waals surface area contributed by atoms with Crippen LogP contribution < -0.4 is 5.32 Å². The van der Waals surface area contributed by atoms with Gasteiger partial charge in [0, 0.05) is 30.6 Å². The molecule has 1 atom stereocenters. The van der Waals surface area contributed by atoms with E-state index in [1.165, 1.54) is 11.5 Å². The summed E-state index contributed by atoms with van der Waals surface area (Å²) in [5.74, 6) is 0.849. The van der Waals surface area contributed by atoms with Crippen LogP contribution in [-0.4, -0.2) is 40.8 Å². The predicted molar refractivity (Wildman–Crippen MR) is 69.6 cm³/mol. The Bertz CT molecular complexity index is 336. The molecule has 5 nitrogen and oxygen atoms in total. The third-order valence-electron chi connectivity index (χ3n) is 2.21. The average molecular weight is 259 g/mol. The summed E-state index contributed by atoms with van der Waals surface area (Å²) in [4.78, 5) is 4.41. The van der Waals surface area contributed by atoms with Gasteiger partial charge in [0.25, 0.3) is 0 Å². The lowest BCUT2D eigenvalue weighted by Crippen LogP contribution is -2.18. The van der Waals surface area contributed by atoms with Gasteiger partial charge in [0.2, 0.25) is 5.13 Å². The van der Waals surface area contributed by atoms with E-state index in [0.717, 1.165) is 11.0 Å². The Morgan fingerprint density at radius 1 is 1.47 bits per heavy atom. The Morgan fingerprint density at radius 2 is 2.18 bits per heavy atom. The second kappa shape index (κ2) is 6.28. The standard InChI is InChI=1S/C11H21N3O2S/c1-11(2,3)9-13-10(17-14-9)12-6-5-8(15)7-16-4/h8,15H,5-7H2,1-4H3,(H,12,13,14). The molecule has 0 amide bonds. The second-order valence-corrected chi connectivity index (χ2v) is 5.75. The number of aliphatic hydroxyl groups excluding tert-OH is 1. The van der Waals surface area contributed by atoms with Crippen LogP contribution in [0, 0.1) is 0 Å². The van der Waals surface area contributed by atoms with Crippen LogP contribution in [0.3, 0.4) is 0 Å². The first-order valence-corrected chi connectivity index (χ1v) is 6.46. The van der Waals surface area contributed by atoms with Crippen molar-refractivity contribution >= 4 is 16.7 Å². The molecule has 2 N–H and O–H groups in total. The van der Waals surface area contributed by atoms with Crippen LogP contribution in [0.4, 0.5) is 5.13 Å². The Balaban J connectivity index is 2.35. The molecule has 0 fully saturated rings. The largest absolute Gasteiger partial charge is 0.391 e.